The maximum atomic E-state index is 12.4. The van der Waals surface area contributed by atoms with Crippen molar-refractivity contribution >= 4 is 11.9 Å². The van der Waals surface area contributed by atoms with Crippen molar-refractivity contribution in [3.05, 3.63) is 48.6 Å². The second kappa shape index (κ2) is 55.4. The first-order chi connectivity index (χ1) is 32.5. The number of aliphatic hydroxyl groups is 2. The summed E-state index contributed by atoms with van der Waals surface area (Å²) in [6.45, 7) is 4.84. The maximum absolute atomic E-state index is 12.4. The molecule has 0 aliphatic rings. The molecule has 386 valence electrons. The minimum absolute atomic E-state index is 0.00245. The van der Waals surface area contributed by atoms with E-state index in [2.05, 4.69) is 55.6 Å². The summed E-state index contributed by atoms with van der Waals surface area (Å²) in [4.78, 5) is 24.4. The first kappa shape index (κ1) is 63.8. The van der Waals surface area contributed by atoms with Crippen LogP contribution in [0, 0.1) is 0 Å². The number of ether oxygens (including phenoxy) is 1. The van der Waals surface area contributed by atoms with Gasteiger partial charge in [0, 0.05) is 12.8 Å². The van der Waals surface area contributed by atoms with Crippen molar-refractivity contribution in [2.45, 2.75) is 309 Å². The maximum Gasteiger partial charge on any atom is 0.305 e. The Bertz CT molecular complexity index is 1110. The van der Waals surface area contributed by atoms with Gasteiger partial charge >= 0.3 is 5.97 Å². The topological polar surface area (TPSA) is 95.9 Å². The molecule has 0 spiro atoms. The van der Waals surface area contributed by atoms with Gasteiger partial charge in [0.15, 0.2) is 0 Å². The van der Waals surface area contributed by atoms with E-state index >= 15 is 0 Å². The van der Waals surface area contributed by atoms with E-state index in [-0.39, 0.29) is 18.5 Å². The summed E-state index contributed by atoms with van der Waals surface area (Å²) in [7, 11) is 0. The van der Waals surface area contributed by atoms with Crippen LogP contribution in [0.2, 0.25) is 0 Å². The van der Waals surface area contributed by atoms with Gasteiger partial charge in [0.1, 0.15) is 0 Å². The Labute approximate surface area is 410 Å². The Morgan fingerprint density at radius 2 is 0.758 bits per heavy atom. The third kappa shape index (κ3) is 51.2. The van der Waals surface area contributed by atoms with Crippen LogP contribution in [0.1, 0.15) is 296 Å². The van der Waals surface area contributed by atoms with Gasteiger partial charge in [0.25, 0.3) is 0 Å². The van der Waals surface area contributed by atoms with E-state index in [1.165, 1.54) is 212 Å². The molecule has 0 bridgehead atoms. The zero-order valence-electron chi connectivity index (χ0n) is 43.9. The average Bonchev–Trinajstić information content (AvgIpc) is 3.32. The van der Waals surface area contributed by atoms with Crippen LogP contribution in [0.25, 0.3) is 0 Å². The molecule has 0 aliphatic heterocycles. The van der Waals surface area contributed by atoms with Crippen LogP contribution < -0.4 is 5.32 Å². The van der Waals surface area contributed by atoms with Gasteiger partial charge in [0.05, 0.1) is 25.4 Å². The molecule has 2 unspecified atom stereocenters. The summed E-state index contributed by atoms with van der Waals surface area (Å²) < 4.78 is 5.48. The number of hydrogen-bond acceptors (Lipinski definition) is 5. The molecule has 0 aromatic rings. The smallest absolute Gasteiger partial charge is 0.305 e. The van der Waals surface area contributed by atoms with Crippen molar-refractivity contribution in [3.8, 4) is 0 Å². The highest BCUT2D eigenvalue weighted by Gasteiger charge is 2.18. The average molecular weight is 927 g/mol. The quantitative estimate of drug-likeness (QED) is 0.0321. The molecule has 0 aromatic carbocycles. The van der Waals surface area contributed by atoms with Gasteiger partial charge in [-0.15, -0.1) is 0 Å². The number of carbonyl (C=O) groups is 2. The second-order valence-corrected chi connectivity index (χ2v) is 19.6. The molecule has 1 amide bonds. The molecule has 66 heavy (non-hydrogen) atoms. The zero-order valence-corrected chi connectivity index (χ0v) is 43.9. The highest BCUT2D eigenvalue weighted by atomic mass is 16.5. The minimum Gasteiger partial charge on any atom is -0.466 e. The molecular formula is C60H111NO5. The van der Waals surface area contributed by atoms with Crippen molar-refractivity contribution < 1.29 is 24.5 Å². The van der Waals surface area contributed by atoms with E-state index in [4.69, 9.17) is 4.74 Å². The summed E-state index contributed by atoms with van der Waals surface area (Å²) in [5.41, 5.74) is 0. The molecule has 0 saturated heterocycles. The number of unbranched alkanes of at least 4 members (excludes halogenated alkanes) is 36. The second-order valence-electron chi connectivity index (χ2n) is 19.6. The summed E-state index contributed by atoms with van der Waals surface area (Å²) in [5, 5.41) is 22.9. The third-order valence-corrected chi connectivity index (χ3v) is 13.1. The lowest BCUT2D eigenvalue weighted by Gasteiger charge is -2.20. The molecule has 0 aromatic heterocycles. The molecule has 0 aliphatic carbocycles. The first-order valence-electron chi connectivity index (χ1n) is 28.9. The Hall–Kier alpha value is -2.18. The van der Waals surface area contributed by atoms with Crippen molar-refractivity contribution in [2.24, 2.45) is 0 Å². The Balaban J connectivity index is 3.40. The number of aliphatic hydroxyl groups excluding tert-OH is 2. The highest BCUT2D eigenvalue weighted by Crippen LogP contribution is 2.16. The number of allylic oxidation sites excluding steroid dienone is 7. The minimum atomic E-state index is -0.846. The standard InChI is InChI=1S/C60H111NO5/c1-3-5-7-9-11-13-14-15-16-24-28-31-34-38-42-46-50-54-60(65)66-55-51-47-43-39-35-32-29-26-23-21-19-17-18-20-22-25-27-30-33-37-41-45-49-53-59(64)61-57(56-62)58(63)52-48-44-40-36-12-10-8-6-4-2/h11,13,15-16,20,22,48,52,57-58,62-63H,3-10,12,14,17-19,21,23-47,49-51,53-56H2,1-2H3,(H,61,64)/b13-11-,16-15-,22-20-,52-48+. The molecule has 0 heterocycles. The normalized spacial score (nSPS) is 13.0. The number of hydrogen-bond donors (Lipinski definition) is 3. The molecule has 0 rings (SSSR count). The fourth-order valence-corrected chi connectivity index (χ4v) is 8.60. The Morgan fingerprint density at radius 3 is 1.20 bits per heavy atom. The SMILES string of the molecule is CCCCC/C=C\C/C=C\CCCCCCCCCC(=O)OCCCCCCCCCCCCCC/C=C\CCCCCCCCCC(=O)NC(CO)C(O)/C=C/CCCCCCCCC. The Morgan fingerprint density at radius 1 is 0.424 bits per heavy atom. The van der Waals surface area contributed by atoms with Crippen LogP contribution in [0.5, 0.6) is 0 Å². The van der Waals surface area contributed by atoms with Crippen molar-refractivity contribution in [1.29, 1.82) is 0 Å². The highest BCUT2D eigenvalue weighted by molar-refractivity contribution is 5.76. The predicted octanol–water partition coefficient (Wildman–Crippen LogP) is 17.8. The largest absolute Gasteiger partial charge is 0.466 e. The van der Waals surface area contributed by atoms with Crippen LogP contribution in [0.4, 0.5) is 0 Å². The van der Waals surface area contributed by atoms with Gasteiger partial charge in [-0.1, -0.05) is 242 Å². The lowest BCUT2D eigenvalue weighted by molar-refractivity contribution is -0.143. The molecule has 3 N–H and O–H groups in total. The van der Waals surface area contributed by atoms with E-state index in [0.717, 1.165) is 57.8 Å². The lowest BCUT2D eigenvalue weighted by atomic mass is 10.0. The number of esters is 1. The van der Waals surface area contributed by atoms with Gasteiger partial charge in [-0.25, -0.2) is 0 Å². The van der Waals surface area contributed by atoms with Crippen LogP contribution in [-0.4, -0.2) is 47.4 Å². The van der Waals surface area contributed by atoms with E-state index < -0.39 is 12.1 Å². The Kier molecular flexibility index (Phi) is 53.6. The molecule has 0 saturated carbocycles. The fourth-order valence-electron chi connectivity index (χ4n) is 8.60. The van der Waals surface area contributed by atoms with E-state index in [1.54, 1.807) is 6.08 Å². The number of carbonyl (C=O) groups excluding carboxylic acids is 2. The molecule has 2 atom stereocenters. The molecular weight excluding hydrogens is 815 g/mol. The van der Waals surface area contributed by atoms with Gasteiger partial charge in [-0.05, 0) is 89.9 Å². The van der Waals surface area contributed by atoms with E-state index in [1.807, 2.05) is 6.08 Å². The summed E-state index contributed by atoms with van der Waals surface area (Å²) in [6, 6.07) is -0.631. The summed E-state index contributed by atoms with van der Waals surface area (Å²) >= 11 is 0. The lowest BCUT2D eigenvalue weighted by Crippen LogP contribution is -2.45. The summed E-state index contributed by atoms with van der Waals surface area (Å²) in [5.74, 6) is -0.0753. The van der Waals surface area contributed by atoms with Gasteiger partial charge in [-0.2, -0.15) is 0 Å². The van der Waals surface area contributed by atoms with Crippen molar-refractivity contribution in [3.63, 3.8) is 0 Å². The number of rotatable bonds is 53. The zero-order chi connectivity index (χ0) is 47.9. The fraction of sp³-hybridized carbons (Fsp3) is 0.833. The number of nitrogens with one attached hydrogen (secondary N) is 1. The van der Waals surface area contributed by atoms with Gasteiger partial charge in [-0.3, -0.25) is 9.59 Å². The first-order valence-corrected chi connectivity index (χ1v) is 28.9. The van der Waals surface area contributed by atoms with Crippen molar-refractivity contribution in [1.82, 2.24) is 5.32 Å². The number of amides is 1. The van der Waals surface area contributed by atoms with Crippen molar-refractivity contribution in [2.75, 3.05) is 13.2 Å². The third-order valence-electron chi connectivity index (χ3n) is 13.1. The van der Waals surface area contributed by atoms with Crippen LogP contribution in [-0.2, 0) is 14.3 Å². The van der Waals surface area contributed by atoms with Crippen LogP contribution >= 0.6 is 0 Å². The van der Waals surface area contributed by atoms with Gasteiger partial charge < -0.3 is 20.3 Å². The van der Waals surface area contributed by atoms with Crippen LogP contribution in [0.15, 0.2) is 48.6 Å². The molecule has 0 radical (unpaired) electrons. The monoisotopic (exact) mass is 926 g/mol. The van der Waals surface area contributed by atoms with E-state index in [9.17, 15) is 19.8 Å². The molecule has 0 fully saturated rings. The predicted molar refractivity (Wildman–Crippen MR) is 287 cm³/mol. The molecule has 6 heteroatoms. The summed E-state index contributed by atoms with van der Waals surface area (Å²) in [6.07, 6.45) is 70.0. The van der Waals surface area contributed by atoms with Crippen LogP contribution in [0.3, 0.4) is 0 Å². The molecule has 6 nitrogen and oxygen atoms in total. The van der Waals surface area contributed by atoms with Gasteiger partial charge in [0.2, 0.25) is 5.91 Å². The van der Waals surface area contributed by atoms with E-state index in [0.29, 0.717) is 19.4 Å².